The summed E-state index contributed by atoms with van der Waals surface area (Å²) in [5.41, 5.74) is 1.56. The number of benzene rings is 1. The molecule has 19 heavy (non-hydrogen) atoms. The maximum Gasteiger partial charge on any atom is 0.308 e. The standard InChI is InChI=1S/C14H17NO4/c1-8(14(17)18)9(2)15-13(16)11-3-4-12-10(7-11)5-6-19-12/h3-4,7-9H,5-6H2,1-2H3,(H,15,16)(H,17,18). The minimum atomic E-state index is -0.921. The average molecular weight is 263 g/mol. The van der Waals surface area contributed by atoms with Crippen molar-refractivity contribution in [3.05, 3.63) is 29.3 Å². The Morgan fingerprint density at radius 2 is 2.11 bits per heavy atom. The molecular formula is C14H17NO4. The van der Waals surface area contributed by atoms with Gasteiger partial charge in [-0.25, -0.2) is 0 Å². The van der Waals surface area contributed by atoms with Crippen LogP contribution in [0.2, 0.25) is 0 Å². The maximum absolute atomic E-state index is 12.0. The van der Waals surface area contributed by atoms with Crippen LogP contribution in [0.1, 0.15) is 29.8 Å². The number of aliphatic carboxylic acids is 1. The number of fused-ring (bicyclic) bond motifs is 1. The van der Waals surface area contributed by atoms with Gasteiger partial charge in [-0.2, -0.15) is 0 Å². The fraction of sp³-hybridized carbons (Fsp3) is 0.429. The Labute approximate surface area is 111 Å². The Morgan fingerprint density at radius 3 is 2.79 bits per heavy atom. The Bertz CT molecular complexity index is 512. The number of carbonyl (C=O) groups excluding carboxylic acids is 1. The highest BCUT2D eigenvalue weighted by molar-refractivity contribution is 5.95. The van der Waals surface area contributed by atoms with Crippen LogP contribution in [0.15, 0.2) is 18.2 Å². The lowest BCUT2D eigenvalue weighted by molar-refractivity contribution is -0.141. The largest absolute Gasteiger partial charge is 0.493 e. The van der Waals surface area contributed by atoms with E-state index in [4.69, 9.17) is 9.84 Å². The van der Waals surface area contributed by atoms with Gasteiger partial charge >= 0.3 is 5.97 Å². The quantitative estimate of drug-likeness (QED) is 0.862. The highest BCUT2D eigenvalue weighted by Crippen LogP contribution is 2.25. The predicted molar refractivity (Wildman–Crippen MR) is 69.4 cm³/mol. The van der Waals surface area contributed by atoms with Crippen molar-refractivity contribution in [1.29, 1.82) is 0 Å². The monoisotopic (exact) mass is 263 g/mol. The molecule has 1 heterocycles. The van der Waals surface area contributed by atoms with E-state index in [0.717, 1.165) is 17.7 Å². The van der Waals surface area contributed by atoms with Gasteiger partial charge in [0.25, 0.3) is 5.91 Å². The van der Waals surface area contributed by atoms with Crippen LogP contribution in [0.3, 0.4) is 0 Å². The first kappa shape index (κ1) is 13.4. The Balaban J connectivity index is 2.06. The Kier molecular flexibility index (Phi) is 3.74. The van der Waals surface area contributed by atoms with Gasteiger partial charge in [0.1, 0.15) is 5.75 Å². The predicted octanol–water partition coefficient (Wildman–Crippen LogP) is 1.46. The molecule has 1 aliphatic rings. The molecule has 102 valence electrons. The SMILES string of the molecule is CC(NC(=O)c1ccc2c(c1)CCO2)C(C)C(=O)O. The van der Waals surface area contributed by atoms with Crippen LogP contribution in [-0.4, -0.2) is 29.6 Å². The summed E-state index contributed by atoms with van der Waals surface area (Å²) in [5, 5.41) is 11.6. The molecular weight excluding hydrogens is 246 g/mol. The number of carboxylic acid groups (broad SMARTS) is 1. The normalized spacial score (nSPS) is 16.1. The van der Waals surface area contributed by atoms with Crippen molar-refractivity contribution in [1.82, 2.24) is 5.32 Å². The van der Waals surface area contributed by atoms with Crippen molar-refractivity contribution in [2.75, 3.05) is 6.61 Å². The average Bonchev–Trinajstić information content (AvgIpc) is 2.84. The first-order valence-corrected chi connectivity index (χ1v) is 6.28. The summed E-state index contributed by atoms with van der Waals surface area (Å²) in [6.07, 6.45) is 0.803. The number of rotatable bonds is 4. The molecule has 0 aliphatic carbocycles. The summed E-state index contributed by atoms with van der Waals surface area (Å²) in [6.45, 7) is 3.91. The lowest BCUT2D eigenvalue weighted by atomic mass is 10.0. The van der Waals surface area contributed by atoms with Crippen LogP contribution < -0.4 is 10.1 Å². The minimum Gasteiger partial charge on any atom is -0.493 e. The first-order valence-electron chi connectivity index (χ1n) is 6.28. The number of carbonyl (C=O) groups is 2. The van der Waals surface area contributed by atoms with Gasteiger partial charge in [0, 0.05) is 18.0 Å². The van der Waals surface area contributed by atoms with Gasteiger partial charge in [0.2, 0.25) is 0 Å². The summed E-state index contributed by atoms with van der Waals surface area (Å²) in [6, 6.07) is 4.85. The molecule has 0 bridgehead atoms. The van der Waals surface area contributed by atoms with Crippen LogP contribution in [0.4, 0.5) is 0 Å². The number of hydrogen-bond acceptors (Lipinski definition) is 3. The van der Waals surface area contributed by atoms with Gasteiger partial charge in [-0.15, -0.1) is 0 Å². The molecule has 0 spiro atoms. The third-order valence-corrected chi connectivity index (χ3v) is 3.45. The number of amides is 1. The van der Waals surface area contributed by atoms with Crippen LogP contribution in [-0.2, 0) is 11.2 Å². The molecule has 0 saturated carbocycles. The van der Waals surface area contributed by atoms with E-state index in [1.54, 1.807) is 32.0 Å². The van der Waals surface area contributed by atoms with Gasteiger partial charge in [-0.3, -0.25) is 9.59 Å². The molecule has 0 radical (unpaired) electrons. The second kappa shape index (κ2) is 5.30. The van der Waals surface area contributed by atoms with Crippen molar-refractivity contribution in [3.63, 3.8) is 0 Å². The zero-order chi connectivity index (χ0) is 14.0. The molecule has 1 aliphatic heterocycles. The summed E-state index contributed by atoms with van der Waals surface area (Å²) < 4.78 is 5.37. The molecule has 0 fully saturated rings. The number of ether oxygens (including phenoxy) is 1. The summed E-state index contributed by atoms with van der Waals surface area (Å²) >= 11 is 0. The Morgan fingerprint density at radius 1 is 1.37 bits per heavy atom. The molecule has 0 aromatic heterocycles. The van der Waals surface area contributed by atoms with E-state index < -0.39 is 17.9 Å². The lowest BCUT2D eigenvalue weighted by Gasteiger charge is -2.17. The Hall–Kier alpha value is -2.04. The number of nitrogens with one attached hydrogen (secondary N) is 1. The summed E-state index contributed by atoms with van der Waals surface area (Å²) in [7, 11) is 0. The highest BCUT2D eigenvalue weighted by atomic mass is 16.5. The van der Waals surface area contributed by atoms with Crippen molar-refractivity contribution in [2.24, 2.45) is 5.92 Å². The molecule has 1 aromatic carbocycles. The van der Waals surface area contributed by atoms with Gasteiger partial charge < -0.3 is 15.2 Å². The minimum absolute atomic E-state index is 0.254. The van der Waals surface area contributed by atoms with E-state index in [1.165, 1.54) is 0 Å². The molecule has 1 amide bonds. The van der Waals surface area contributed by atoms with Crippen molar-refractivity contribution < 1.29 is 19.4 Å². The lowest BCUT2D eigenvalue weighted by Crippen LogP contribution is -2.40. The van der Waals surface area contributed by atoms with Crippen molar-refractivity contribution >= 4 is 11.9 Å². The van der Waals surface area contributed by atoms with E-state index in [1.807, 2.05) is 0 Å². The van der Waals surface area contributed by atoms with E-state index >= 15 is 0 Å². The zero-order valence-electron chi connectivity index (χ0n) is 11.0. The topological polar surface area (TPSA) is 75.6 Å². The third-order valence-electron chi connectivity index (χ3n) is 3.45. The van der Waals surface area contributed by atoms with Gasteiger partial charge in [-0.05, 0) is 37.6 Å². The van der Waals surface area contributed by atoms with E-state index in [-0.39, 0.29) is 5.91 Å². The van der Waals surface area contributed by atoms with Gasteiger partial charge in [-0.1, -0.05) is 0 Å². The van der Waals surface area contributed by atoms with Crippen molar-refractivity contribution in [3.8, 4) is 5.75 Å². The third kappa shape index (κ3) is 2.86. The smallest absolute Gasteiger partial charge is 0.308 e. The van der Waals surface area contributed by atoms with Gasteiger partial charge in [0.15, 0.2) is 0 Å². The maximum atomic E-state index is 12.0. The molecule has 2 rings (SSSR count). The summed E-state index contributed by atoms with van der Waals surface area (Å²) in [4.78, 5) is 22.9. The van der Waals surface area contributed by atoms with Crippen LogP contribution >= 0.6 is 0 Å². The molecule has 0 saturated heterocycles. The van der Waals surface area contributed by atoms with Crippen LogP contribution in [0.25, 0.3) is 0 Å². The summed E-state index contributed by atoms with van der Waals surface area (Å²) in [5.74, 6) is -0.976. The second-order valence-electron chi connectivity index (χ2n) is 4.81. The van der Waals surface area contributed by atoms with Gasteiger partial charge in [0.05, 0.1) is 12.5 Å². The van der Waals surface area contributed by atoms with Crippen LogP contribution in [0.5, 0.6) is 5.75 Å². The number of hydrogen-bond donors (Lipinski definition) is 2. The van der Waals surface area contributed by atoms with E-state index in [2.05, 4.69) is 5.32 Å². The molecule has 2 unspecified atom stereocenters. The molecule has 2 N–H and O–H groups in total. The fourth-order valence-electron chi connectivity index (χ4n) is 1.96. The van der Waals surface area contributed by atoms with E-state index in [9.17, 15) is 9.59 Å². The highest BCUT2D eigenvalue weighted by Gasteiger charge is 2.22. The van der Waals surface area contributed by atoms with Crippen molar-refractivity contribution in [2.45, 2.75) is 26.3 Å². The zero-order valence-corrected chi connectivity index (χ0v) is 11.0. The fourth-order valence-corrected chi connectivity index (χ4v) is 1.96. The molecule has 2 atom stereocenters. The molecule has 5 nitrogen and oxygen atoms in total. The molecule has 5 heteroatoms. The number of carboxylic acids is 1. The second-order valence-corrected chi connectivity index (χ2v) is 4.81. The first-order chi connectivity index (χ1) is 8.99. The van der Waals surface area contributed by atoms with E-state index in [0.29, 0.717) is 12.2 Å². The van der Waals surface area contributed by atoms with Crippen LogP contribution in [0, 0.1) is 5.92 Å². The molecule has 1 aromatic rings.